The van der Waals surface area contributed by atoms with E-state index in [-0.39, 0.29) is 28.8 Å². The van der Waals surface area contributed by atoms with Gasteiger partial charge < -0.3 is 24.4 Å². The lowest BCUT2D eigenvalue weighted by molar-refractivity contribution is 0.0671. The van der Waals surface area contributed by atoms with Gasteiger partial charge in [0.15, 0.2) is 11.5 Å². The zero-order valence-corrected chi connectivity index (χ0v) is 24.4. The summed E-state index contributed by atoms with van der Waals surface area (Å²) in [7, 11) is -0.557. The van der Waals surface area contributed by atoms with Crippen LogP contribution < -0.4 is 19.5 Å². The summed E-state index contributed by atoms with van der Waals surface area (Å²) in [5.41, 5.74) is 0.482. The SMILES string of the molecule is COCCCOc1cc(C(=O)N(C[C@@H]2CNC[C@H]2NS(=O)(=O)c2ccc3ccccc3c2)C(C)C)ccc1OC. The molecule has 0 saturated carbocycles. The molecular formula is C30H39N3O6S. The number of nitrogens with one attached hydrogen (secondary N) is 2. The first-order chi connectivity index (χ1) is 19.2. The molecule has 2 N–H and O–H groups in total. The molecule has 3 aromatic rings. The van der Waals surface area contributed by atoms with Gasteiger partial charge in [-0.1, -0.05) is 30.3 Å². The van der Waals surface area contributed by atoms with Crippen molar-refractivity contribution in [2.75, 3.05) is 47.1 Å². The highest BCUT2D eigenvalue weighted by Gasteiger charge is 2.34. The summed E-state index contributed by atoms with van der Waals surface area (Å²) in [5.74, 6) is 0.789. The highest BCUT2D eigenvalue weighted by atomic mass is 32.2. The predicted octanol–water partition coefficient (Wildman–Crippen LogP) is 3.68. The van der Waals surface area contributed by atoms with Crippen LogP contribution in [0, 0.1) is 5.92 Å². The van der Waals surface area contributed by atoms with Crippen LogP contribution in [0.3, 0.4) is 0 Å². The summed E-state index contributed by atoms with van der Waals surface area (Å²) in [6.07, 6.45) is 0.709. The summed E-state index contributed by atoms with van der Waals surface area (Å²) in [6, 6.07) is 17.5. The largest absolute Gasteiger partial charge is 0.493 e. The van der Waals surface area contributed by atoms with Crippen molar-refractivity contribution in [1.82, 2.24) is 14.9 Å². The molecular weight excluding hydrogens is 530 g/mol. The molecule has 0 spiro atoms. The molecule has 0 bridgehead atoms. The number of hydrogen-bond donors (Lipinski definition) is 2. The summed E-state index contributed by atoms with van der Waals surface area (Å²) >= 11 is 0. The molecule has 1 aliphatic rings. The van der Waals surface area contributed by atoms with E-state index in [1.807, 2.05) is 44.2 Å². The number of nitrogens with zero attached hydrogens (tertiary/aromatic N) is 1. The molecule has 9 nitrogen and oxygen atoms in total. The van der Waals surface area contributed by atoms with Crippen LogP contribution in [0.5, 0.6) is 11.5 Å². The fraction of sp³-hybridized carbons (Fsp3) is 0.433. The average molecular weight is 570 g/mol. The van der Waals surface area contributed by atoms with E-state index in [4.69, 9.17) is 14.2 Å². The molecule has 0 aliphatic carbocycles. The van der Waals surface area contributed by atoms with Crippen LogP contribution in [0.15, 0.2) is 65.6 Å². The van der Waals surface area contributed by atoms with E-state index in [9.17, 15) is 13.2 Å². The van der Waals surface area contributed by atoms with E-state index in [1.54, 1.807) is 49.5 Å². The van der Waals surface area contributed by atoms with Crippen molar-refractivity contribution >= 4 is 26.7 Å². The van der Waals surface area contributed by atoms with Crippen LogP contribution in [-0.4, -0.2) is 78.4 Å². The molecule has 216 valence electrons. The number of carbonyl (C=O) groups is 1. The molecule has 0 radical (unpaired) electrons. The number of sulfonamides is 1. The third kappa shape index (κ3) is 7.11. The smallest absolute Gasteiger partial charge is 0.254 e. The van der Waals surface area contributed by atoms with E-state index >= 15 is 0 Å². The van der Waals surface area contributed by atoms with Crippen molar-refractivity contribution < 1.29 is 27.4 Å². The fourth-order valence-electron chi connectivity index (χ4n) is 4.92. The summed E-state index contributed by atoms with van der Waals surface area (Å²) in [5, 5.41) is 5.14. The Morgan fingerprint density at radius 1 is 1.00 bits per heavy atom. The third-order valence-electron chi connectivity index (χ3n) is 7.15. The van der Waals surface area contributed by atoms with Crippen LogP contribution in [0.4, 0.5) is 0 Å². The molecule has 10 heteroatoms. The average Bonchev–Trinajstić information content (AvgIpc) is 3.38. The Balaban J connectivity index is 1.48. The molecule has 3 aromatic carbocycles. The minimum Gasteiger partial charge on any atom is -0.493 e. The summed E-state index contributed by atoms with van der Waals surface area (Å²) in [6.45, 7) is 6.40. The number of fused-ring (bicyclic) bond motifs is 1. The standard InChI is InChI=1S/C30H39N3O6S/c1-21(2)33(30(34)24-11-13-28(38-4)29(17-24)39-15-7-14-37-3)20-25-18-31-19-27(25)32-40(35,36)26-12-10-22-8-5-6-9-23(22)16-26/h5-6,8-13,16-17,21,25,27,31-32H,7,14-15,18-20H2,1-4H3/t25-,27+/m0/s1. The zero-order chi connectivity index (χ0) is 28.7. The predicted molar refractivity (Wildman–Crippen MR) is 156 cm³/mol. The van der Waals surface area contributed by atoms with Gasteiger partial charge in [0.05, 0.1) is 18.6 Å². The molecule has 1 heterocycles. The Morgan fingerprint density at radius 2 is 1.77 bits per heavy atom. The van der Waals surface area contributed by atoms with Crippen LogP contribution >= 0.6 is 0 Å². The van der Waals surface area contributed by atoms with E-state index in [1.165, 1.54) is 0 Å². The number of methoxy groups -OCH3 is 2. The highest BCUT2D eigenvalue weighted by Crippen LogP contribution is 2.29. The zero-order valence-electron chi connectivity index (χ0n) is 23.6. The van der Waals surface area contributed by atoms with Gasteiger partial charge in [0, 0.05) is 63.3 Å². The van der Waals surface area contributed by atoms with Crippen LogP contribution in [-0.2, 0) is 14.8 Å². The molecule has 4 rings (SSSR count). The first kappa shape index (κ1) is 29.8. The molecule has 1 saturated heterocycles. The van der Waals surface area contributed by atoms with Crippen LogP contribution in [0.25, 0.3) is 10.8 Å². The first-order valence-electron chi connectivity index (χ1n) is 13.6. The maximum Gasteiger partial charge on any atom is 0.254 e. The molecule has 2 atom stereocenters. The van der Waals surface area contributed by atoms with Gasteiger partial charge in [-0.05, 0) is 55.0 Å². The van der Waals surface area contributed by atoms with Crippen molar-refractivity contribution in [2.45, 2.75) is 37.2 Å². The van der Waals surface area contributed by atoms with E-state index in [2.05, 4.69) is 10.0 Å². The van der Waals surface area contributed by atoms with E-state index < -0.39 is 10.0 Å². The number of ether oxygens (including phenoxy) is 3. The summed E-state index contributed by atoms with van der Waals surface area (Å²) < 4.78 is 45.9. The van der Waals surface area contributed by atoms with Gasteiger partial charge in [-0.25, -0.2) is 13.1 Å². The fourth-order valence-corrected chi connectivity index (χ4v) is 6.26. The van der Waals surface area contributed by atoms with Gasteiger partial charge in [0.1, 0.15) is 0 Å². The summed E-state index contributed by atoms with van der Waals surface area (Å²) in [4.78, 5) is 15.7. The van der Waals surface area contributed by atoms with Crippen molar-refractivity contribution in [3.8, 4) is 11.5 Å². The maximum atomic E-state index is 13.7. The lowest BCUT2D eigenvalue weighted by Gasteiger charge is -2.32. The normalized spacial score (nSPS) is 17.3. The Hall–Kier alpha value is -3.18. The lowest BCUT2D eigenvalue weighted by atomic mass is 10.0. The lowest BCUT2D eigenvalue weighted by Crippen LogP contribution is -2.47. The molecule has 0 aromatic heterocycles. The number of carbonyl (C=O) groups excluding carboxylic acids is 1. The van der Waals surface area contributed by atoms with Crippen molar-refractivity contribution in [2.24, 2.45) is 5.92 Å². The van der Waals surface area contributed by atoms with Gasteiger partial charge in [-0.2, -0.15) is 0 Å². The Bertz CT molecular complexity index is 1410. The number of hydrogen-bond acceptors (Lipinski definition) is 7. The van der Waals surface area contributed by atoms with Crippen molar-refractivity contribution in [3.63, 3.8) is 0 Å². The Morgan fingerprint density at radius 3 is 2.50 bits per heavy atom. The van der Waals surface area contributed by atoms with E-state index in [0.29, 0.717) is 56.3 Å². The maximum absolute atomic E-state index is 13.7. The minimum absolute atomic E-state index is 0.0981. The van der Waals surface area contributed by atoms with Crippen LogP contribution in [0.2, 0.25) is 0 Å². The minimum atomic E-state index is -3.76. The topological polar surface area (TPSA) is 106 Å². The first-order valence-corrected chi connectivity index (χ1v) is 15.0. The Labute approximate surface area is 236 Å². The molecule has 1 amide bonds. The van der Waals surface area contributed by atoms with Crippen LogP contribution in [0.1, 0.15) is 30.6 Å². The van der Waals surface area contributed by atoms with Gasteiger partial charge >= 0.3 is 0 Å². The molecule has 40 heavy (non-hydrogen) atoms. The van der Waals surface area contributed by atoms with Gasteiger partial charge in [0.25, 0.3) is 5.91 Å². The van der Waals surface area contributed by atoms with Gasteiger partial charge in [-0.15, -0.1) is 0 Å². The van der Waals surface area contributed by atoms with Gasteiger partial charge in [0.2, 0.25) is 10.0 Å². The second-order valence-corrected chi connectivity index (χ2v) is 12.0. The second kappa shape index (κ2) is 13.5. The quantitative estimate of drug-likeness (QED) is 0.303. The molecule has 1 aliphatic heterocycles. The molecule has 1 fully saturated rings. The number of benzene rings is 3. The number of amides is 1. The second-order valence-electron chi connectivity index (χ2n) is 10.3. The Kier molecular flexibility index (Phi) is 10.0. The van der Waals surface area contributed by atoms with E-state index in [0.717, 1.165) is 10.8 Å². The number of rotatable bonds is 13. The highest BCUT2D eigenvalue weighted by molar-refractivity contribution is 7.89. The van der Waals surface area contributed by atoms with Crippen molar-refractivity contribution in [1.29, 1.82) is 0 Å². The van der Waals surface area contributed by atoms with Crippen molar-refractivity contribution in [3.05, 3.63) is 66.2 Å². The monoisotopic (exact) mass is 569 g/mol. The van der Waals surface area contributed by atoms with Gasteiger partial charge in [-0.3, -0.25) is 4.79 Å². The third-order valence-corrected chi connectivity index (χ3v) is 8.64. The molecule has 0 unspecified atom stereocenters.